The number of halogens is 1. The molecule has 1 aromatic carbocycles. The Hall–Kier alpha value is -1.38. The molecular weight excluding hydrogens is 207 g/mol. The first-order chi connectivity index (χ1) is 7.38. The normalized spacial score (nSPS) is 18.2. The van der Waals surface area contributed by atoms with Crippen molar-refractivity contribution in [1.29, 1.82) is 0 Å². The molecule has 1 saturated carbocycles. The highest BCUT2D eigenvalue weighted by Crippen LogP contribution is 2.51. The van der Waals surface area contributed by atoms with Crippen molar-refractivity contribution in [2.45, 2.75) is 37.8 Å². The number of carboxylic acids is 1. The maximum atomic E-state index is 14.0. The van der Waals surface area contributed by atoms with Gasteiger partial charge in [0.15, 0.2) is 0 Å². The summed E-state index contributed by atoms with van der Waals surface area (Å²) in [4.78, 5) is 11.2. The van der Waals surface area contributed by atoms with E-state index in [0.29, 0.717) is 24.0 Å². The van der Waals surface area contributed by atoms with E-state index in [1.54, 1.807) is 24.3 Å². The van der Waals surface area contributed by atoms with Crippen molar-refractivity contribution in [1.82, 2.24) is 0 Å². The zero-order valence-corrected chi connectivity index (χ0v) is 9.46. The summed E-state index contributed by atoms with van der Waals surface area (Å²) in [5.74, 6) is -0.843. The Balaban J connectivity index is 2.54. The summed E-state index contributed by atoms with van der Waals surface area (Å²) in [5, 5.41) is 9.22. The molecule has 0 aliphatic heterocycles. The summed E-state index contributed by atoms with van der Waals surface area (Å²) in [6, 6.07) is 6.93. The molecule has 86 valence electrons. The van der Waals surface area contributed by atoms with Crippen LogP contribution < -0.4 is 0 Å². The van der Waals surface area contributed by atoms with Crippen LogP contribution in [0.5, 0.6) is 0 Å². The topological polar surface area (TPSA) is 37.3 Å². The van der Waals surface area contributed by atoms with E-state index in [9.17, 15) is 14.3 Å². The summed E-state index contributed by atoms with van der Waals surface area (Å²) in [6.45, 7) is 2.92. The zero-order chi connectivity index (χ0) is 12.0. The van der Waals surface area contributed by atoms with Gasteiger partial charge in [0.05, 0.1) is 5.41 Å². The minimum absolute atomic E-state index is 0.495. The molecule has 1 aliphatic rings. The monoisotopic (exact) mass is 222 g/mol. The van der Waals surface area contributed by atoms with Gasteiger partial charge in [-0.2, -0.15) is 0 Å². The molecule has 0 unspecified atom stereocenters. The molecule has 1 aliphatic carbocycles. The highest BCUT2D eigenvalue weighted by molar-refractivity contribution is 5.85. The van der Waals surface area contributed by atoms with Crippen molar-refractivity contribution in [2.24, 2.45) is 0 Å². The van der Waals surface area contributed by atoms with Gasteiger partial charge in [-0.25, -0.2) is 4.39 Å². The van der Waals surface area contributed by atoms with Crippen LogP contribution in [-0.2, 0) is 15.9 Å². The van der Waals surface area contributed by atoms with Gasteiger partial charge in [0, 0.05) is 0 Å². The lowest BCUT2D eigenvalue weighted by atomic mass is 9.85. The maximum absolute atomic E-state index is 14.0. The number of carbonyl (C=O) groups is 1. The minimum atomic E-state index is -1.50. The third-order valence-electron chi connectivity index (χ3n) is 3.24. The Morgan fingerprint density at radius 3 is 2.38 bits per heavy atom. The quantitative estimate of drug-likeness (QED) is 0.853. The van der Waals surface area contributed by atoms with Gasteiger partial charge in [-0.15, -0.1) is 0 Å². The number of rotatable bonds is 3. The first kappa shape index (κ1) is 11.1. The number of alkyl halides is 1. The molecule has 0 atom stereocenters. The van der Waals surface area contributed by atoms with Gasteiger partial charge in [-0.1, -0.05) is 24.3 Å². The van der Waals surface area contributed by atoms with Gasteiger partial charge in [0.2, 0.25) is 0 Å². The minimum Gasteiger partial charge on any atom is -0.481 e. The standard InChI is InChI=1S/C13H15FO2/c1-12(2,14)9-5-3-4-6-10(9)13(7-8-13)11(15)16/h3-6H,7-8H2,1-2H3,(H,15,16). The van der Waals surface area contributed by atoms with Gasteiger partial charge in [-0.05, 0) is 37.8 Å². The molecule has 2 rings (SSSR count). The summed E-state index contributed by atoms with van der Waals surface area (Å²) in [7, 11) is 0. The number of carboxylic acid groups (broad SMARTS) is 1. The van der Waals surface area contributed by atoms with Crippen LogP contribution in [0.15, 0.2) is 24.3 Å². The summed E-state index contributed by atoms with van der Waals surface area (Å²) in [6.07, 6.45) is 1.21. The number of hydrogen-bond donors (Lipinski definition) is 1. The van der Waals surface area contributed by atoms with Crippen LogP contribution in [0.4, 0.5) is 4.39 Å². The molecule has 0 bridgehead atoms. The first-order valence-electron chi connectivity index (χ1n) is 5.40. The van der Waals surface area contributed by atoms with E-state index in [2.05, 4.69) is 0 Å². The molecule has 0 spiro atoms. The molecule has 0 aromatic heterocycles. The third-order valence-corrected chi connectivity index (χ3v) is 3.24. The second kappa shape index (κ2) is 3.30. The SMILES string of the molecule is CC(C)(F)c1ccccc1C1(C(=O)O)CC1. The lowest BCUT2D eigenvalue weighted by molar-refractivity contribution is -0.140. The van der Waals surface area contributed by atoms with Crippen LogP contribution >= 0.6 is 0 Å². The smallest absolute Gasteiger partial charge is 0.314 e. The fraction of sp³-hybridized carbons (Fsp3) is 0.462. The van der Waals surface area contributed by atoms with Crippen molar-refractivity contribution in [2.75, 3.05) is 0 Å². The van der Waals surface area contributed by atoms with Gasteiger partial charge >= 0.3 is 5.97 Å². The molecule has 16 heavy (non-hydrogen) atoms. The molecule has 1 aromatic rings. The molecule has 0 radical (unpaired) electrons. The Morgan fingerprint density at radius 1 is 1.38 bits per heavy atom. The lowest BCUT2D eigenvalue weighted by Crippen LogP contribution is -2.24. The largest absolute Gasteiger partial charge is 0.481 e. The van der Waals surface area contributed by atoms with E-state index >= 15 is 0 Å². The van der Waals surface area contributed by atoms with E-state index in [-0.39, 0.29) is 0 Å². The van der Waals surface area contributed by atoms with E-state index < -0.39 is 17.1 Å². The van der Waals surface area contributed by atoms with Gasteiger partial charge in [0.1, 0.15) is 5.67 Å². The second-order valence-electron chi connectivity index (χ2n) is 4.91. The van der Waals surface area contributed by atoms with E-state index in [0.717, 1.165) is 0 Å². The van der Waals surface area contributed by atoms with Crippen molar-refractivity contribution in [3.63, 3.8) is 0 Å². The van der Waals surface area contributed by atoms with Crippen LogP contribution in [0.25, 0.3) is 0 Å². The highest BCUT2D eigenvalue weighted by atomic mass is 19.1. The molecule has 0 saturated heterocycles. The summed E-state index contributed by atoms with van der Waals surface area (Å²) < 4.78 is 14.0. The molecule has 2 nitrogen and oxygen atoms in total. The van der Waals surface area contributed by atoms with Crippen molar-refractivity contribution < 1.29 is 14.3 Å². The second-order valence-corrected chi connectivity index (χ2v) is 4.91. The fourth-order valence-electron chi connectivity index (χ4n) is 2.14. The fourth-order valence-corrected chi connectivity index (χ4v) is 2.14. The van der Waals surface area contributed by atoms with Crippen LogP contribution in [0.1, 0.15) is 37.8 Å². The van der Waals surface area contributed by atoms with Crippen molar-refractivity contribution in [3.8, 4) is 0 Å². The molecule has 0 amide bonds. The summed E-state index contributed by atoms with van der Waals surface area (Å²) >= 11 is 0. The maximum Gasteiger partial charge on any atom is 0.314 e. The Labute approximate surface area is 94.1 Å². The van der Waals surface area contributed by atoms with Gasteiger partial charge < -0.3 is 5.11 Å². The molecule has 1 fully saturated rings. The Bertz CT molecular complexity index is 428. The predicted octanol–water partition coefficient (Wildman–Crippen LogP) is 3.01. The van der Waals surface area contributed by atoms with E-state index in [1.165, 1.54) is 13.8 Å². The third kappa shape index (κ3) is 1.60. The number of hydrogen-bond acceptors (Lipinski definition) is 1. The van der Waals surface area contributed by atoms with Gasteiger partial charge in [-0.3, -0.25) is 4.79 Å². The molecular formula is C13H15FO2. The van der Waals surface area contributed by atoms with Crippen molar-refractivity contribution in [3.05, 3.63) is 35.4 Å². The van der Waals surface area contributed by atoms with Crippen LogP contribution in [0.2, 0.25) is 0 Å². The van der Waals surface area contributed by atoms with Crippen LogP contribution in [0, 0.1) is 0 Å². The highest BCUT2D eigenvalue weighted by Gasteiger charge is 2.53. The zero-order valence-electron chi connectivity index (χ0n) is 9.46. The lowest BCUT2D eigenvalue weighted by Gasteiger charge is -2.22. The average molecular weight is 222 g/mol. The van der Waals surface area contributed by atoms with Crippen LogP contribution in [0.3, 0.4) is 0 Å². The molecule has 3 heteroatoms. The number of benzene rings is 1. The van der Waals surface area contributed by atoms with Crippen LogP contribution in [-0.4, -0.2) is 11.1 Å². The van der Waals surface area contributed by atoms with Crippen molar-refractivity contribution >= 4 is 5.97 Å². The first-order valence-corrected chi connectivity index (χ1v) is 5.40. The van der Waals surface area contributed by atoms with E-state index in [4.69, 9.17) is 0 Å². The Kier molecular flexibility index (Phi) is 2.30. The van der Waals surface area contributed by atoms with Gasteiger partial charge in [0.25, 0.3) is 0 Å². The predicted molar refractivity (Wildman–Crippen MR) is 59.1 cm³/mol. The molecule has 0 heterocycles. The Morgan fingerprint density at radius 2 is 1.94 bits per heavy atom. The van der Waals surface area contributed by atoms with E-state index in [1.807, 2.05) is 0 Å². The molecule has 1 N–H and O–H groups in total. The average Bonchev–Trinajstić information content (AvgIpc) is 2.97. The number of aliphatic carboxylic acids is 1. The summed E-state index contributed by atoms with van der Waals surface area (Å²) in [5.41, 5.74) is -1.20.